The highest BCUT2D eigenvalue weighted by Gasteiger charge is 2.34. The molecule has 3 aromatic rings. The number of rotatable bonds is 11. The third-order valence-corrected chi connectivity index (χ3v) is 7.05. The van der Waals surface area contributed by atoms with Crippen molar-refractivity contribution in [3.05, 3.63) is 41.5 Å². The van der Waals surface area contributed by atoms with Crippen molar-refractivity contribution in [2.24, 2.45) is 5.16 Å². The largest absolute Gasteiger partial charge is 0.489 e. The number of likely N-dealkylation sites (tertiary alicyclic amines) is 1. The third-order valence-electron chi connectivity index (χ3n) is 6.29. The van der Waals surface area contributed by atoms with Crippen LogP contribution < -0.4 is 15.4 Å². The van der Waals surface area contributed by atoms with Gasteiger partial charge in [0.05, 0.1) is 6.04 Å². The molecular weight excluding hydrogens is 632 g/mol. The second-order valence-electron chi connectivity index (χ2n) is 12.7. The van der Waals surface area contributed by atoms with Gasteiger partial charge in [0.1, 0.15) is 35.1 Å². The Kier molecular flexibility index (Phi) is 10.5. The van der Waals surface area contributed by atoms with E-state index in [-0.39, 0.29) is 29.6 Å². The molecule has 0 bridgehead atoms. The van der Waals surface area contributed by atoms with Gasteiger partial charge in [-0.15, -0.1) is 11.3 Å². The van der Waals surface area contributed by atoms with Crippen molar-refractivity contribution >= 4 is 62.7 Å². The Morgan fingerprint density at radius 2 is 1.79 bits per heavy atom. The highest BCUT2D eigenvalue weighted by molar-refractivity contribution is 7.14. The lowest BCUT2D eigenvalue weighted by molar-refractivity contribution is -0.132. The van der Waals surface area contributed by atoms with Crippen LogP contribution in [0.5, 0.6) is 5.75 Å². The van der Waals surface area contributed by atoms with Crippen molar-refractivity contribution in [2.75, 3.05) is 30.3 Å². The summed E-state index contributed by atoms with van der Waals surface area (Å²) in [5, 5.41) is 22.3. The maximum absolute atomic E-state index is 12.3. The molecular formula is C31H38N6O9S. The molecule has 1 aromatic carbocycles. The SMILES string of the molecule is CC(=O)[C@H](COc1ccc2c(NC3CN(C(=O)OC(C)(C)C)C3)nccc2c1)O/N=C(\C(=O)O)c1csc(NC(=O)OC(C)(C)C)n1. The van der Waals surface area contributed by atoms with Gasteiger partial charge in [-0.1, -0.05) is 5.16 Å². The van der Waals surface area contributed by atoms with Gasteiger partial charge < -0.3 is 34.4 Å². The Hall–Kier alpha value is -4.99. The molecule has 3 N–H and O–H groups in total. The summed E-state index contributed by atoms with van der Waals surface area (Å²) in [5.41, 5.74) is -1.94. The van der Waals surface area contributed by atoms with Crippen molar-refractivity contribution in [1.29, 1.82) is 0 Å². The number of carboxylic acids is 1. The molecule has 1 atom stereocenters. The molecule has 15 nitrogen and oxygen atoms in total. The summed E-state index contributed by atoms with van der Waals surface area (Å²) in [6.07, 6.45) is -0.681. The van der Waals surface area contributed by atoms with Crippen LogP contribution in [0.1, 0.15) is 54.2 Å². The minimum Gasteiger partial charge on any atom is -0.489 e. The molecule has 252 valence electrons. The lowest BCUT2D eigenvalue weighted by Gasteiger charge is -2.40. The number of thiazole rings is 1. The first-order valence-corrected chi connectivity index (χ1v) is 15.5. The molecule has 0 saturated carbocycles. The number of Topliss-reactive ketones (excluding diaryl/α,β-unsaturated/α-hetero) is 1. The van der Waals surface area contributed by atoms with Crippen LogP contribution in [-0.2, 0) is 23.9 Å². The number of pyridine rings is 1. The number of carbonyl (C=O) groups is 4. The first-order valence-electron chi connectivity index (χ1n) is 14.7. The summed E-state index contributed by atoms with van der Waals surface area (Å²) in [6.45, 7) is 12.6. The van der Waals surface area contributed by atoms with Gasteiger partial charge in [-0.2, -0.15) is 0 Å². The maximum Gasteiger partial charge on any atom is 0.413 e. The molecule has 16 heteroatoms. The molecule has 0 unspecified atom stereocenters. The predicted molar refractivity (Wildman–Crippen MR) is 174 cm³/mol. The van der Waals surface area contributed by atoms with Crippen LogP contribution >= 0.6 is 11.3 Å². The smallest absolute Gasteiger partial charge is 0.413 e. The zero-order valence-corrected chi connectivity index (χ0v) is 28.0. The van der Waals surface area contributed by atoms with Crippen LogP contribution in [0.15, 0.2) is 41.0 Å². The topological polar surface area (TPSA) is 191 Å². The lowest BCUT2D eigenvalue weighted by Crippen LogP contribution is -2.58. The van der Waals surface area contributed by atoms with E-state index in [0.29, 0.717) is 24.7 Å². The fourth-order valence-corrected chi connectivity index (χ4v) is 4.82. The number of carbonyl (C=O) groups excluding carboxylic acids is 3. The highest BCUT2D eigenvalue weighted by Crippen LogP contribution is 2.28. The Bertz CT molecular complexity index is 1670. The summed E-state index contributed by atoms with van der Waals surface area (Å²) >= 11 is 0.966. The maximum atomic E-state index is 12.3. The molecule has 1 aliphatic rings. The van der Waals surface area contributed by atoms with Crippen molar-refractivity contribution in [3.63, 3.8) is 0 Å². The lowest BCUT2D eigenvalue weighted by atomic mass is 10.1. The zero-order chi connectivity index (χ0) is 34.5. The monoisotopic (exact) mass is 670 g/mol. The standard InChI is InChI=1S/C31H38N6O9S/c1-17(38)23(46-36-24(26(39)40)22-16-47-27(34-22)35-28(41)44-30(2,3)4)15-43-20-8-9-21-18(12-20)10-11-32-25(21)33-19-13-37(14-19)29(42)45-31(5,6)7/h8-12,16,19,23H,13-15H2,1-7H3,(H,32,33)(H,39,40)(H,34,35,41)/b36-24-/t23-/m0/s1. The number of aromatic nitrogens is 2. The Morgan fingerprint density at radius 1 is 1.09 bits per heavy atom. The van der Waals surface area contributed by atoms with Crippen LogP contribution in [0.2, 0.25) is 0 Å². The number of anilines is 2. The fraction of sp³-hybridized carbons (Fsp3) is 0.452. The van der Waals surface area contributed by atoms with Gasteiger partial charge in [0.15, 0.2) is 10.9 Å². The van der Waals surface area contributed by atoms with Crippen LogP contribution in [0.4, 0.5) is 20.5 Å². The first kappa shape index (κ1) is 34.9. The molecule has 0 spiro atoms. The van der Waals surface area contributed by atoms with E-state index in [1.807, 2.05) is 32.9 Å². The summed E-state index contributed by atoms with van der Waals surface area (Å²) < 4.78 is 16.4. The van der Waals surface area contributed by atoms with E-state index in [1.165, 1.54) is 12.3 Å². The van der Waals surface area contributed by atoms with Gasteiger partial charge in [0.2, 0.25) is 11.8 Å². The normalized spacial score (nSPS) is 14.5. The van der Waals surface area contributed by atoms with Crippen molar-refractivity contribution < 1.29 is 43.3 Å². The average molecular weight is 671 g/mol. The molecule has 4 rings (SSSR count). The Labute approximate surface area is 275 Å². The van der Waals surface area contributed by atoms with Crippen LogP contribution in [-0.4, -0.2) is 92.7 Å². The van der Waals surface area contributed by atoms with Crippen LogP contribution in [0.25, 0.3) is 10.8 Å². The van der Waals surface area contributed by atoms with Gasteiger partial charge in [0, 0.05) is 30.1 Å². The molecule has 1 aliphatic heterocycles. The van der Waals surface area contributed by atoms with Gasteiger partial charge >= 0.3 is 18.2 Å². The van der Waals surface area contributed by atoms with Gasteiger partial charge in [-0.25, -0.2) is 24.4 Å². The number of benzene rings is 1. The number of hydrogen-bond donors (Lipinski definition) is 3. The minimum absolute atomic E-state index is 0.0124. The summed E-state index contributed by atoms with van der Waals surface area (Å²) in [5.74, 6) is -0.810. The van der Waals surface area contributed by atoms with Crippen molar-refractivity contribution in [2.45, 2.75) is 71.8 Å². The molecule has 2 aromatic heterocycles. The van der Waals surface area contributed by atoms with Crippen molar-refractivity contribution in [1.82, 2.24) is 14.9 Å². The second kappa shape index (κ2) is 14.2. The van der Waals surface area contributed by atoms with Gasteiger partial charge in [-0.05, 0) is 78.1 Å². The van der Waals surface area contributed by atoms with E-state index >= 15 is 0 Å². The summed E-state index contributed by atoms with van der Waals surface area (Å²) in [7, 11) is 0. The Morgan fingerprint density at radius 3 is 2.43 bits per heavy atom. The fourth-order valence-electron chi connectivity index (χ4n) is 4.14. The van der Waals surface area contributed by atoms with Gasteiger partial charge in [0.25, 0.3) is 0 Å². The van der Waals surface area contributed by atoms with Crippen LogP contribution in [0.3, 0.4) is 0 Å². The highest BCUT2D eigenvalue weighted by atomic mass is 32.1. The van der Waals surface area contributed by atoms with E-state index in [1.54, 1.807) is 44.0 Å². The first-order chi connectivity index (χ1) is 22.0. The summed E-state index contributed by atoms with van der Waals surface area (Å²) in [4.78, 5) is 63.9. The predicted octanol–water partition coefficient (Wildman–Crippen LogP) is 4.91. The third kappa shape index (κ3) is 10.00. The number of carboxylic acid groups (broad SMARTS) is 1. The molecule has 0 aliphatic carbocycles. The summed E-state index contributed by atoms with van der Waals surface area (Å²) in [6, 6.07) is 7.12. The quantitative estimate of drug-likeness (QED) is 0.185. The number of nitrogens with zero attached hydrogens (tertiary/aromatic N) is 4. The molecule has 47 heavy (non-hydrogen) atoms. The van der Waals surface area contributed by atoms with E-state index in [2.05, 4.69) is 25.8 Å². The number of hydrogen-bond acceptors (Lipinski definition) is 13. The zero-order valence-electron chi connectivity index (χ0n) is 27.2. The minimum atomic E-state index is -1.45. The van der Waals surface area contributed by atoms with Crippen molar-refractivity contribution in [3.8, 4) is 5.75 Å². The Balaban J connectivity index is 1.37. The molecule has 2 amide bonds. The number of aliphatic carboxylic acids is 1. The number of nitrogens with one attached hydrogen (secondary N) is 2. The van der Waals surface area contributed by atoms with E-state index in [4.69, 9.17) is 19.0 Å². The molecule has 3 heterocycles. The number of ether oxygens (including phenoxy) is 3. The number of fused-ring (bicyclic) bond motifs is 1. The number of ketones is 1. The second-order valence-corrected chi connectivity index (χ2v) is 13.6. The molecule has 1 saturated heterocycles. The van der Waals surface area contributed by atoms with E-state index in [0.717, 1.165) is 22.1 Å². The van der Waals surface area contributed by atoms with E-state index < -0.39 is 40.9 Å². The van der Waals surface area contributed by atoms with Gasteiger partial charge in [-0.3, -0.25) is 10.1 Å². The number of oxime groups is 1. The number of amides is 2. The molecule has 1 fully saturated rings. The average Bonchev–Trinajstić information content (AvgIpc) is 3.37. The van der Waals surface area contributed by atoms with E-state index in [9.17, 15) is 24.3 Å². The molecule has 0 radical (unpaired) electrons. The van der Waals surface area contributed by atoms with Crippen LogP contribution in [0, 0.1) is 0 Å².